The SMILES string of the molecule is CCPC(F)(F)C(F)(F)C(F)(F)C(F)(F)C(F)(F)C(F)(F)C(F)(F)C(F)(F)C(F)(F)C(F)(F)F. The number of hydrogen-bond acceptors (Lipinski definition) is 0. The highest BCUT2D eigenvalue weighted by atomic mass is 31.1. The van der Waals surface area contributed by atoms with Crippen molar-refractivity contribution in [1.82, 2.24) is 0 Å². The first-order valence-electron chi connectivity index (χ1n) is 7.53. The molecule has 0 nitrogen and oxygen atoms in total. The van der Waals surface area contributed by atoms with E-state index >= 15 is 0 Å². The van der Waals surface area contributed by atoms with Gasteiger partial charge in [0.05, 0.1) is 0 Å². The Kier molecular flexibility index (Phi) is 7.99. The molecule has 22 heteroatoms. The molecule has 0 rings (SSSR count). The maximum Gasteiger partial charge on any atom is 0.460 e. The fourth-order valence-corrected chi connectivity index (χ4v) is 2.71. The molecule has 1 unspecified atom stereocenters. The quantitative estimate of drug-likeness (QED) is 0.182. The highest BCUT2D eigenvalue weighted by Crippen LogP contribution is 2.67. The molecule has 0 aromatic carbocycles. The molecule has 0 N–H and O–H groups in total. The van der Waals surface area contributed by atoms with Gasteiger partial charge in [-0.05, 0) is 14.7 Å². The molecule has 0 spiro atoms. The molecule has 0 saturated heterocycles. The fraction of sp³-hybridized carbons (Fsp3) is 1.00. The lowest BCUT2D eigenvalue weighted by Gasteiger charge is -2.44. The van der Waals surface area contributed by atoms with E-state index in [1.165, 1.54) is 0 Å². The molecule has 1 atom stereocenters. The minimum atomic E-state index is -9.12. The van der Waals surface area contributed by atoms with Crippen LogP contribution in [0.3, 0.4) is 0 Å². The molecule has 0 heterocycles. The standard InChI is InChI=1S/C12H6F21P/c1-2-34-12(32,33)10(27,28)8(23,24)6(19,20)4(15,16)3(13,14)5(17,18)7(21,22)9(25,26)11(29,30)31/h34H,2H2,1H3. The minimum Gasteiger partial charge on any atom is -0.195 e. The summed E-state index contributed by atoms with van der Waals surface area (Å²) in [5, 5.41) is 0. The smallest absolute Gasteiger partial charge is 0.195 e. The van der Waals surface area contributed by atoms with Crippen LogP contribution >= 0.6 is 8.58 Å². The van der Waals surface area contributed by atoms with Crippen molar-refractivity contribution in [3.8, 4) is 0 Å². The second kappa shape index (κ2) is 8.24. The van der Waals surface area contributed by atoms with Crippen molar-refractivity contribution in [3.63, 3.8) is 0 Å². The van der Waals surface area contributed by atoms with Crippen molar-refractivity contribution in [2.75, 3.05) is 6.16 Å². The molecule has 0 bridgehead atoms. The van der Waals surface area contributed by atoms with E-state index < -0.39 is 74.0 Å². The molecule has 0 aliphatic carbocycles. The van der Waals surface area contributed by atoms with Crippen LogP contribution in [0.25, 0.3) is 0 Å². The van der Waals surface area contributed by atoms with Gasteiger partial charge in [0.15, 0.2) is 0 Å². The van der Waals surface area contributed by atoms with Crippen LogP contribution in [0.4, 0.5) is 92.2 Å². The van der Waals surface area contributed by atoms with Crippen LogP contribution in [-0.2, 0) is 0 Å². The molecule has 0 radical (unpaired) electrons. The molecule has 0 aliphatic rings. The van der Waals surface area contributed by atoms with E-state index in [9.17, 15) is 92.2 Å². The van der Waals surface area contributed by atoms with E-state index in [0.717, 1.165) is 0 Å². The van der Waals surface area contributed by atoms with Crippen molar-refractivity contribution in [3.05, 3.63) is 0 Å². The number of rotatable bonds is 10. The lowest BCUT2D eigenvalue weighted by Crippen LogP contribution is -2.76. The van der Waals surface area contributed by atoms with Gasteiger partial charge >= 0.3 is 59.2 Å². The van der Waals surface area contributed by atoms with Crippen molar-refractivity contribution in [1.29, 1.82) is 0 Å². The zero-order valence-corrected chi connectivity index (χ0v) is 16.1. The van der Waals surface area contributed by atoms with E-state index in [1.54, 1.807) is 0 Å². The third-order valence-corrected chi connectivity index (χ3v) is 5.02. The van der Waals surface area contributed by atoms with E-state index in [-0.39, 0.29) is 0 Å². The molecule has 0 aromatic rings. The minimum absolute atomic E-state index is 0.491. The van der Waals surface area contributed by atoms with Crippen molar-refractivity contribution in [2.24, 2.45) is 0 Å². The van der Waals surface area contributed by atoms with E-state index in [4.69, 9.17) is 0 Å². The molecular formula is C12H6F21P. The first-order chi connectivity index (χ1) is 14.3. The van der Waals surface area contributed by atoms with Gasteiger partial charge in [0.1, 0.15) is 0 Å². The van der Waals surface area contributed by atoms with Crippen LogP contribution in [0.1, 0.15) is 6.92 Å². The zero-order valence-electron chi connectivity index (χ0n) is 15.1. The summed E-state index contributed by atoms with van der Waals surface area (Å²) >= 11 is 0. The van der Waals surface area contributed by atoms with Gasteiger partial charge in [-0.3, -0.25) is 0 Å². The Hall–Kier alpha value is -1.04. The predicted molar refractivity (Wildman–Crippen MR) is 69.4 cm³/mol. The lowest BCUT2D eigenvalue weighted by molar-refractivity contribution is -0.472. The summed E-state index contributed by atoms with van der Waals surface area (Å²) in [6, 6.07) is 0. The largest absolute Gasteiger partial charge is 0.460 e. The van der Waals surface area contributed by atoms with E-state index in [0.29, 0.717) is 6.92 Å². The molecule has 0 amide bonds. The second-order valence-electron chi connectivity index (χ2n) is 6.20. The van der Waals surface area contributed by atoms with Crippen LogP contribution in [-0.4, -0.2) is 65.4 Å². The van der Waals surface area contributed by atoms with Crippen LogP contribution < -0.4 is 0 Å². The molecular weight excluding hydrogens is 574 g/mol. The second-order valence-corrected chi connectivity index (χ2v) is 7.89. The van der Waals surface area contributed by atoms with Gasteiger partial charge < -0.3 is 0 Å². The summed E-state index contributed by atoms with van der Waals surface area (Å²) in [6.45, 7) is 0.491. The highest BCUT2D eigenvalue weighted by molar-refractivity contribution is 7.39. The summed E-state index contributed by atoms with van der Waals surface area (Å²) in [4.78, 5) is 0. The van der Waals surface area contributed by atoms with Crippen LogP contribution in [0.5, 0.6) is 0 Å². The maximum absolute atomic E-state index is 13.4. The Morgan fingerprint density at radius 2 is 0.559 bits per heavy atom. The summed E-state index contributed by atoms with van der Waals surface area (Å²) < 4.78 is 273. The van der Waals surface area contributed by atoms with Gasteiger partial charge in [-0.2, -0.15) is 92.2 Å². The lowest BCUT2D eigenvalue weighted by atomic mass is 9.87. The van der Waals surface area contributed by atoms with Gasteiger partial charge in [-0.15, -0.1) is 0 Å². The first-order valence-corrected chi connectivity index (χ1v) is 8.74. The van der Waals surface area contributed by atoms with Gasteiger partial charge in [0.25, 0.3) is 0 Å². The molecule has 0 fully saturated rings. The molecule has 0 aromatic heterocycles. The Morgan fingerprint density at radius 3 is 0.765 bits per heavy atom. The highest BCUT2D eigenvalue weighted by Gasteiger charge is 2.97. The predicted octanol–water partition coefficient (Wildman–Crippen LogP) is 7.92. The van der Waals surface area contributed by atoms with Gasteiger partial charge in [0.2, 0.25) is 0 Å². The molecule has 0 saturated carbocycles. The summed E-state index contributed by atoms with van der Waals surface area (Å²) in [5.41, 5.74) is -6.45. The summed E-state index contributed by atoms with van der Waals surface area (Å²) in [7, 11) is -2.84. The van der Waals surface area contributed by atoms with Crippen molar-refractivity contribution < 1.29 is 92.2 Å². The first kappa shape index (κ1) is 33.0. The monoisotopic (exact) mass is 580 g/mol. The van der Waals surface area contributed by atoms with Crippen LogP contribution in [0.2, 0.25) is 0 Å². The van der Waals surface area contributed by atoms with Crippen molar-refractivity contribution >= 4 is 8.58 Å². The Bertz CT molecular complexity index is 731. The molecule has 34 heavy (non-hydrogen) atoms. The van der Waals surface area contributed by atoms with Crippen LogP contribution in [0, 0.1) is 0 Å². The maximum atomic E-state index is 13.4. The Balaban J connectivity index is 7.01. The summed E-state index contributed by atoms with van der Waals surface area (Å²) in [5.74, 6) is -69.7. The molecule has 0 aliphatic heterocycles. The number of halogens is 21. The normalized spacial score (nSPS) is 17.1. The third kappa shape index (κ3) is 3.94. The van der Waals surface area contributed by atoms with E-state index in [2.05, 4.69) is 0 Å². The number of alkyl halides is 21. The van der Waals surface area contributed by atoms with Gasteiger partial charge in [-0.1, -0.05) is 6.92 Å². The molecule has 206 valence electrons. The Labute approximate surface area is 174 Å². The van der Waals surface area contributed by atoms with Gasteiger partial charge in [0, 0.05) is 0 Å². The van der Waals surface area contributed by atoms with Crippen molar-refractivity contribution in [2.45, 2.75) is 66.1 Å². The summed E-state index contributed by atoms with van der Waals surface area (Å²) in [6.07, 6.45) is -9.26. The zero-order chi connectivity index (χ0) is 28.4. The van der Waals surface area contributed by atoms with E-state index in [1.807, 2.05) is 0 Å². The Morgan fingerprint density at radius 1 is 0.353 bits per heavy atom. The van der Waals surface area contributed by atoms with Gasteiger partial charge in [-0.25, -0.2) is 0 Å². The third-order valence-electron chi connectivity index (χ3n) is 3.91. The van der Waals surface area contributed by atoms with Crippen LogP contribution in [0.15, 0.2) is 0 Å². The average molecular weight is 580 g/mol. The fourth-order valence-electron chi connectivity index (χ4n) is 1.89. The topological polar surface area (TPSA) is 0 Å². The number of hydrogen-bond donors (Lipinski definition) is 0. The average Bonchev–Trinajstić information content (AvgIpc) is 2.59.